The minimum absolute atomic E-state index is 0.0453. The molecule has 1 aliphatic heterocycles. The Morgan fingerprint density at radius 2 is 2.10 bits per heavy atom. The molecule has 1 unspecified atom stereocenters. The van der Waals surface area contributed by atoms with Gasteiger partial charge in [-0.15, -0.1) is 5.10 Å². The number of hydrogen-bond donors (Lipinski definition) is 2. The van der Waals surface area contributed by atoms with Crippen molar-refractivity contribution in [2.24, 2.45) is 0 Å². The summed E-state index contributed by atoms with van der Waals surface area (Å²) in [5.74, 6) is 0.216. The quantitative estimate of drug-likeness (QED) is 0.823. The lowest BCUT2D eigenvalue weighted by atomic mass is 9.96. The third-order valence-corrected chi connectivity index (χ3v) is 3.41. The number of nitrogens with one attached hydrogen (secondary N) is 1. The van der Waals surface area contributed by atoms with Crippen LogP contribution in [0, 0.1) is 0 Å². The first-order valence-corrected chi connectivity index (χ1v) is 6.36. The predicted molar refractivity (Wildman–Crippen MR) is 74.5 cm³/mol. The Hall–Kier alpha value is -2.63. The standard InChI is InChI=1S/C14H14N4O2/c1-8-7-10(19)16-13-11(8)12(15)18(17-13)14(20)9-5-3-2-4-6-9/h2-6,8H,7,15H2,1H3,(H,16,17,19). The number of nitrogen functional groups attached to an aromatic ring is 1. The second-order valence-corrected chi connectivity index (χ2v) is 4.88. The molecule has 0 saturated heterocycles. The van der Waals surface area contributed by atoms with E-state index in [1.165, 1.54) is 0 Å². The number of fused-ring (bicyclic) bond motifs is 1. The molecule has 6 nitrogen and oxygen atoms in total. The zero-order chi connectivity index (χ0) is 14.3. The van der Waals surface area contributed by atoms with Crippen LogP contribution in [0.5, 0.6) is 0 Å². The van der Waals surface area contributed by atoms with Crippen LogP contribution in [0.15, 0.2) is 30.3 Å². The Morgan fingerprint density at radius 1 is 1.40 bits per heavy atom. The normalized spacial score (nSPS) is 17.4. The Kier molecular flexibility index (Phi) is 2.78. The molecule has 0 fully saturated rings. The topological polar surface area (TPSA) is 90.0 Å². The van der Waals surface area contributed by atoms with Gasteiger partial charge in [0.25, 0.3) is 5.91 Å². The van der Waals surface area contributed by atoms with Crippen molar-refractivity contribution in [3.05, 3.63) is 41.5 Å². The van der Waals surface area contributed by atoms with E-state index in [1.807, 2.05) is 13.0 Å². The van der Waals surface area contributed by atoms with Gasteiger partial charge in [-0.2, -0.15) is 4.68 Å². The summed E-state index contributed by atoms with van der Waals surface area (Å²) >= 11 is 0. The van der Waals surface area contributed by atoms with Gasteiger partial charge in [0, 0.05) is 17.5 Å². The highest BCUT2D eigenvalue weighted by Gasteiger charge is 2.30. The summed E-state index contributed by atoms with van der Waals surface area (Å²) in [6.45, 7) is 1.90. The average molecular weight is 270 g/mol. The number of hydrogen-bond acceptors (Lipinski definition) is 4. The van der Waals surface area contributed by atoms with Crippen LogP contribution in [0.3, 0.4) is 0 Å². The molecule has 2 heterocycles. The van der Waals surface area contributed by atoms with E-state index in [9.17, 15) is 9.59 Å². The lowest BCUT2D eigenvalue weighted by molar-refractivity contribution is -0.116. The number of carbonyl (C=O) groups excluding carboxylic acids is 2. The fraction of sp³-hybridized carbons (Fsp3) is 0.214. The van der Waals surface area contributed by atoms with Crippen molar-refractivity contribution in [3.8, 4) is 0 Å². The van der Waals surface area contributed by atoms with Gasteiger partial charge in [-0.3, -0.25) is 9.59 Å². The van der Waals surface area contributed by atoms with Crippen molar-refractivity contribution < 1.29 is 9.59 Å². The first-order valence-electron chi connectivity index (χ1n) is 6.36. The van der Waals surface area contributed by atoms with Gasteiger partial charge in [0.2, 0.25) is 5.91 Å². The number of rotatable bonds is 1. The largest absolute Gasteiger partial charge is 0.383 e. The highest BCUT2D eigenvalue weighted by molar-refractivity contribution is 6.00. The molecular weight excluding hydrogens is 256 g/mol. The monoisotopic (exact) mass is 270 g/mol. The number of nitrogens with zero attached hydrogens (tertiary/aromatic N) is 2. The molecular formula is C14H14N4O2. The zero-order valence-corrected chi connectivity index (χ0v) is 11.0. The number of benzene rings is 1. The van der Waals surface area contributed by atoms with Crippen LogP contribution in [-0.2, 0) is 4.79 Å². The van der Waals surface area contributed by atoms with Gasteiger partial charge in [-0.1, -0.05) is 25.1 Å². The maximum atomic E-state index is 12.4. The van der Waals surface area contributed by atoms with Crippen molar-refractivity contribution in [2.75, 3.05) is 11.1 Å². The van der Waals surface area contributed by atoms with Gasteiger partial charge in [-0.25, -0.2) is 0 Å². The maximum absolute atomic E-state index is 12.4. The fourth-order valence-corrected chi connectivity index (χ4v) is 2.44. The highest BCUT2D eigenvalue weighted by Crippen LogP contribution is 2.35. The van der Waals surface area contributed by atoms with Gasteiger partial charge in [0.15, 0.2) is 5.82 Å². The third-order valence-electron chi connectivity index (χ3n) is 3.41. The smallest absolute Gasteiger partial charge is 0.280 e. The summed E-state index contributed by atoms with van der Waals surface area (Å²) < 4.78 is 1.15. The Labute approximate surface area is 115 Å². The number of amides is 1. The summed E-state index contributed by atoms with van der Waals surface area (Å²) in [5.41, 5.74) is 7.26. The maximum Gasteiger partial charge on any atom is 0.280 e. The van der Waals surface area contributed by atoms with Crippen LogP contribution in [-0.4, -0.2) is 21.6 Å². The molecule has 20 heavy (non-hydrogen) atoms. The Morgan fingerprint density at radius 3 is 2.80 bits per heavy atom. The molecule has 0 bridgehead atoms. The van der Waals surface area contributed by atoms with Gasteiger partial charge >= 0.3 is 0 Å². The molecule has 1 aromatic heterocycles. The van der Waals surface area contributed by atoms with E-state index in [2.05, 4.69) is 10.4 Å². The SMILES string of the molecule is CC1CC(=O)Nc2nn(C(=O)c3ccccc3)c(N)c21. The molecule has 3 rings (SSSR count). The molecule has 0 saturated carbocycles. The zero-order valence-electron chi connectivity index (χ0n) is 11.0. The van der Waals surface area contributed by atoms with Crippen molar-refractivity contribution in [1.82, 2.24) is 9.78 Å². The van der Waals surface area contributed by atoms with Crippen LogP contribution in [0.25, 0.3) is 0 Å². The fourth-order valence-electron chi connectivity index (χ4n) is 2.44. The Balaban J connectivity index is 2.06. The molecule has 1 amide bonds. The van der Waals surface area contributed by atoms with Gasteiger partial charge in [-0.05, 0) is 18.1 Å². The third kappa shape index (κ3) is 1.85. The van der Waals surface area contributed by atoms with Gasteiger partial charge < -0.3 is 11.1 Å². The van der Waals surface area contributed by atoms with Crippen LogP contribution in [0.1, 0.15) is 35.2 Å². The lowest BCUT2D eigenvalue weighted by Gasteiger charge is -2.17. The van der Waals surface area contributed by atoms with Crippen molar-refractivity contribution in [1.29, 1.82) is 0 Å². The molecule has 0 aliphatic carbocycles. The number of nitrogens with two attached hydrogens (primary N) is 1. The Bertz CT molecular complexity index is 691. The molecule has 2 aromatic rings. The molecule has 1 aliphatic rings. The van der Waals surface area contributed by atoms with E-state index in [-0.39, 0.29) is 17.7 Å². The van der Waals surface area contributed by atoms with E-state index in [0.717, 1.165) is 10.2 Å². The minimum Gasteiger partial charge on any atom is -0.383 e. The molecule has 6 heteroatoms. The summed E-state index contributed by atoms with van der Waals surface area (Å²) in [7, 11) is 0. The molecule has 0 radical (unpaired) electrons. The van der Waals surface area contributed by atoms with Crippen molar-refractivity contribution >= 4 is 23.5 Å². The summed E-state index contributed by atoms with van der Waals surface area (Å²) in [4.78, 5) is 23.9. The van der Waals surface area contributed by atoms with E-state index in [4.69, 9.17) is 5.73 Å². The van der Waals surface area contributed by atoms with E-state index >= 15 is 0 Å². The van der Waals surface area contributed by atoms with Crippen LogP contribution >= 0.6 is 0 Å². The minimum atomic E-state index is -0.307. The van der Waals surface area contributed by atoms with E-state index in [1.54, 1.807) is 24.3 Å². The first kappa shape index (κ1) is 12.4. The predicted octanol–water partition coefficient (Wildman–Crippen LogP) is 1.60. The van der Waals surface area contributed by atoms with Crippen molar-refractivity contribution in [2.45, 2.75) is 19.3 Å². The average Bonchev–Trinajstić information content (AvgIpc) is 2.76. The summed E-state index contributed by atoms with van der Waals surface area (Å²) in [5, 5.41) is 6.79. The van der Waals surface area contributed by atoms with Gasteiger partial charge in [0.1, 0.15) is 5.82 Å². The summed E-state index contributed by atoms with van der Waals surface area (Å²) in [6, 6.07) is 8.78. The lowest BCUT2D eigenvalue weighted by Crippen LogP contribution is -2.21. The molecule has 0 spiro atoms. The van der Waals surface area contributed by atoms with Gasteiger partial charge in [0.05, 0.1) is 0 Å². The number of anilines is 2. The second-order valence-electron chi connectivity index (χ2n) is 4.88. The molecule has 102 valence electrons. The first-order chi connectivity index (χ1) is 9.58. The molecule has 1 atom stereocenters. The van der Waals surface area contributed by atoms with Crippen LogP contribution < -0.4 is 11.1 Å². The van der Waals surface area contributed by atoms with E-state index < -0.39 is 0 Å². The molecule has 3 N–H and O–H groups in total. The van der Waals surface area contributed by atoms with Crippen LogP contribution in [0.2, 0.25) is 0 Å². The number of carbonyl (C=O) groups is 2. The molecule has 1 aromatic carbocycles. The second kappa shape index (κ2) is 4.48. The van der Waals surface area contributed by atoms with E-state index in [0.29, 0.717) is 23.6 Å². The van der Waals surface area contributed by atoms with Crippen LogP contribution in [0.4, 0.5) is 11.6 Å². The number of aromatic nitrogens is 2. The van der Waals surface area contributed by atoms with Crippen molar-refractivity contribution in [3.63, 3.8) is 0 Å². The highest BCUT2D eigenvalue weighted by atomic mass is 16.2. The summed E-state index contributed by atoms with van der Waals surface area (Å²) in [6.07, 6.45) is 0.350.